The molecule has 0 bridgehead atoms. The van der Waals surface area contributed by atoms with Crippen molar-refractivity contribution in [2.24, 2.45) is 0 Å². The predicted molar refractivity (Wildman–Crippen MR) is 88.6 cm³/mol. The van der Waals surface area contributed by atoms with Crippen molar-refractivity contribution in [3.05, 3.63) is 12.2 Å². The average Bonchev–Trinajstić information content (AvgIpc) is 2.50. The maximum absolute atomic E-state index is 6.26. The average molecular weight is 333 g/mol. The molecule has 0 fully saturated rings. The van der Waals surface area contributed by atoms with E-state index < -0.39 is 19.9 Å². The van der Waals surface area contributed by atoms with Crippen LogP contribution in [0.25, 0.3) is 0 Å². The topological polar surface area (TPSA) is 46.2 Å². The minimum Gasteiger partial charge on any atom is -0.517 e. The lowest BCUT2D eigenvalue weighted by molar-refractivity contribution is -0.395. The van der Waals surface area contributed by atoms with Gasteiger partial charge in [0.15, 0.2) is 6.26 Å². The summed E-state index contributed by atoms with van der Waals surface area (Å²) in [7, 11) is -1.82. The summed E-state index contributed by atoms with van der Waals surface area (Å²) in [5.41, 5.74) is 0. The Balaban J connectivity index is 3.00. The van der Waals surface area contributed by atoms with Gasteiger partial charge in [0.2, 0.25) is 0 Å². The van der Waals surface area contributed by atoms with Crippen molar-refractivity contribution in [2.45, 2.75) is 78.2 Å². The number of hydrogen-bond acceptors (Lipinski definition) is 5. The fourth-order valence-electron chi connectivity index (χ4n) is 2.68. The molecule has 0 spiro atoms. The molecule has 0 saturated heterocycles. The standard InChI is InChI=1S/C16H32O5Si/c1-8-17-15(6)16(7,18-9-2)20-14(13-19-15)21-22(10-3,11-4)12-5/h13H,8-12H2,1-7H3/t15-,16-/m0/s1. The van der Waals surface area contributed by atoms with Gasteiger partial charge in [-0.2, -0.15) is 0 Å². The van der Waals surface area contributed by atoms with Gasteiger partial charge in [0.25, 0.3) is 19.9 Å². The van der Waals surface area contributed by atoms with Crippen molar-refractivity contribution in [1.29, 1.82) is 0 Å². The molecule has 0 aromatic rings. The third-order valence-corrected chi connectivity index (χ3v) is 9.09. The van der Waals surface area contributed by atoms with Gasteiger partial charge in [-0.25, -0.2) is 0 Å². The SMILES string of the molecule is CCO[C@@]1(C)OC(O[Si](CC)(CC)CC)=CO[C@]1(C)OCC. The molecule has 1 aliphatic heterocycles. The molecule has 0 aromatic carbocycles. The fraction of sp³-hybridized carbons (Fsp3) is 0.875. The van der Waals surface area contributed by atoms with Gasteiger partial charge in [0, 0.05) is 27.1 Å². The van der Waals surface area contributed by atoms with Gasteiger partial charge < -0.3 is 23.4 Å². The lowest BCUT2D eigenvalue weighted by Crippen LogP contribution is -2.59. The van der Waals surface area contributed by atoms with E-state index in [-0.39, 0.29) is 0 Å². The van der Waals surface area contributed by atoms with E-state index in [1.54, 1.807) is 0 Å². The van der Waals surface area contributed by atoms with Crippen LogP contribution in [0.2, 0.25) is 18.1 Å². The molecule has 2 atom stereocenters. The molecule has 1 aliphatic rings. The van der Waals surface area contributed by atoms with E-state index >= 15 is 0 Å². The van der Waals surface area contributed by atoms with Crippen LogP contribution in [0.4, 0.5) is 0 Å². The number of ether oxygens (including phenoxy) is 4. The number of rotatable bonds is 9. The predicted octanol–water partition coefficient (Wildman–Crippen LogP) is 4.36. The molecule has 0 aliphatic carbocycles. The van der Waals surface area contributed by atoms with Crippen molar-refractivity contribution in [1.82, 2.24) is 0 Å². The zero-order valence-electron chi connectivity index (χ0n) is 15.2. The Hall–Kier alpha value is -0.723. The molecule has 0 radical (unpaired) electrons. The normalized spacial score (nSPS) is 28.6. The molecule has 0 saturated carbocycles. The van der Waals surface area contributed by atoms with E-state index in [1.807, 2.05) is 27.7 Å². The highest BCUT2D eigenvalue weighted by atomic mass is 28.4. The summed E-state index contributed by atoms with van der Waals surface area (Å²) in [6, 6.07) is 3.11. The van der Waals surface area contributed by atoms with E-state index in [9.17, 15) is 0 Å². The molecule has 1 heterocycles. The van der Waals surface area contributed by atoms with E-state index in [1.165, 1.54) is 6.26 Å². The second-order valence-electron chi connectivity index (χ2n) is 5.76. The van der Waals surface area contributed by atoms with E-state index in [2.05, 4.69) is 20.8 Å². The summed E-state index contributed by atoms with van der Waals surface area (Å²) in [5.74, 6) is -1.64. The molecular formula is C16H32O5Si. The molecule has 22 heavy (non-hydrogen) atoms. The third kappa shape index (κ3) is 3.78. The first-order chi connectivity index (χ1) is 10.3. The Morgan fingerprint density at radius 3 is 1.86 bits per heavy atom. The van der Waals surface area contributed by atoms with Crippen molar-refractivity contribution in [2.75, 3.05) is 13.2 Å². The molecule has 0 amide bonds. The Morgan fingerprint density at radius 2 is 1.41 bits per heavy atom. The second kappa shape index (κ2) is 7.70. The molecule has 130 valence electrons. The Kier molecular flexibility index (Phi) is 6.77. The zero-order chi connectivity index (χ0) is 16.9. The lowest BCUT2D eigenvalue weighted by atomic mass is 10.1. The summed E-state index contributed by atoms with van der Waals surface area (Å²) in [6.45, 7) is 15.0. The second-order valence-corrected chi connectivity index (χ2v) is 10.5. The largest absolute Gasteiger partial charge is 0.517 e. The van der Waals surface area contributed by atoms with Crippen LogP contribution in [0.1, 0.15) is 48.5 Å². The van der Waals surface area contributed by atoms with Gasteiger partial charge in [-0.1, -0.05) is 20.8 Å². The van der Waals surface area contributed by atoms with Crippen LogP contribution in [-0.4, -0.2) is 33.1 Å². The Morgan fingerprint density at radius 1 is 0.909 bits per heavy atom. The molecule has 0 unspecified atom stereocenters. The molecule has 5 nitrogen and oxygen atoms in total. The molecule has 0 aromatic heterocycles. The fourth-order valence-corrected chi connectivity index (χ4v) is 5.13. The van der Waals surface area contributed by atoms with Crippen LogP contribution in [0.3, 0.4) is 0 Å². The first-order valence-corrected chi connectivity index (χ1v) is 10.9. The summed E-state index contributed by atoms with van der Waals surface area (Å²) in [6.07, 6.45) is 1.53. The van der Waals surface area contributed by atoms with Gasteiger partial charge in [-0.05, 0) is 32.0 Å². The van der Waals surface area contributed by atoms with Crippen LogP contribution in [0, 0.1) is 0 Å². The van der Waals surface area contributed by atoms with Crippen LogP contribution in [0.15, 0.2) is 12.2 Å². The van der Waals surface area contributed by atoms with Crippen molar-refractivity contribution in [3.63, 3.8) is 0 Å². The molecule has 1 rings (SSSR count). The lowest BCUT2D eigenvalue weighted by Gasteiger charge is -2.47. The van der Waals surface area contributed by atoms with Crippen LogP contribution < -0.4 is 0 Å². The number of hydrogen-bond donors (Lipinski definition) is 0. The highest BCUT2D eigenvalue weighted by molar-refractivity contribution is 6.73. The van der Waals surface area contributed by atoms with Crippen LogP contribution >= 0.6 is 0 Å². The summed E-state index contributed by atoms with van der Waals surface area (Å²) in [4.78, 5) is 0. The van der Waals surface area contributed by atoms with Crippen molar-refractivity contribution < 1.29 is 23.4 Å². The van der Waals surface area contributed by atoms with Crippen molar-refractivity contribution in [3.8, 4) is 0 Å². The van der Waals surface area contributed by atoms with Gasteiger partial charge in [-0.15, -0.1) is 0 Å². The first-order valence-electron chi connectivity index (χ1n) is 8.38. The minimum atomic E-state index is -1.82. The molecule has 0 N–H and O–H groups in total. The summed E-state index contributed by atoms with van der Waals surface area (Å²) < 4.78 is 29.7. The monoisotopic (exact) mass is 332 g/mol. The summed E-state index contributed by atoms with van der Waals surface area (Å²) >= 11 is 0. The van der Waals surface area contributed by atoms with Gasteiger partial charge in [0.05, 0.1) is 0 Å². The van der Waals surface area contributed by atoms with E-state index in [0.717, 1.165) is 18.1 Å². The third-order valence-electron chi connectivity index (χ3n) is 4.59. The first kappa shape index (κ1) is 19.3. The summed E-state index contributed by atoms with van der Waals surface area (Å²) in [5, 5.41) is 0. The van der Waals surface area contributed by atoms with Gasteiger partial charge in [0.1, 0.15) is 0 Å². The highest BCUT2D eigenvalue weighted by Gasteiger charge is 2.55. The minimum absolute atomic E-state index is 0.408. The van der Waals surface area contributed by atoms with E-state index in [4.69, 9.17) is 23.4 Å². The molecule has 6 heteroatoms. The highest BCUT2D eigenvalue weighted by Crippen LogP contribution is 2.40. The van der Waals surface area contributed by atoms with Crippen LogP contribution in [0.5, 0.6) is 0 Å². The van der Waals surface area contributed by atoms with Crippen molar-refractivity contribution >= 4 is 8.32 Å². The zero-order valence-corrected chi connectivity index (χ0v) is 16.2. The molecular weight excluding hydrogens is 300 g/mol. The van der Waals surface area contributed by atoms with Gasteiger partial charge in [-0.3, -0.25) is 0 Å². The Labute approximate surface area is 136 Å². The maximum atomic E-state index is 6.26. The van der Waals surface area contributed by atoms with Crippen LogP contribution in [-0.2, 0) is 23.4 Å². The quantitative estimate of drug-likeness (QED) is 0.587. The van der Waals surface area contributed by atoms with E-state index in [0.29, 0.717) is 19.2 Å². The Bertz CT molecular complexity index is 374. The van der Waals surface area contributed by atoms with Gasteiger partial charge >= 0.3 is 5.95 Å². The maximum Gasteiger partial charge on any atom is 0.304 e. The smallest absolute Gasteiger partial charge is 0.304 e.